The predicted molar refractivity (Wildman–Crippen MR) is 121 cm³/mol. The summed E-state index contributed by atoms with van der Waals surface area (Å²) in [6.07, 6.45) is 4.51. The van der Waals surface area contributed by atoms with E-state index in [2.05, 4.69) is 16.9 Å². The summed E-state index contributed by atoms with van der Waals surface area (Å²) in [4.78, 5) is 8.13. The molecule has 0 radical (unpaired) electrons. The van der Waals surface area contributed by atoms with E-state index in [1.165, 1.54) is 12.8 Å². The molecule has 0 saturated heterocycles. The summed E-state index contributed by atoms with van der Waals surface area (Å²) in [5, 5.41) is 9.72. The van der Waals surface area contributed by atoms with Crippen LogP contribution in [0.5, 0.6) is 17.2 Å². The second-order valence-electron chi connectivity index (χ2n) is 8.36. The van der Waals surface area contributed by atoms with Crippen LogP contribution < -0.4 is 20.9 Å². The van der Waals surface area contributed by atoms with E-state index in [1.54, 1.807) is 18.3 Å². The van der Waals surface area contributed by atoms with Crippen molar-refractivity contribution in [2.75, 3.05) is 24.7 Å². The Morgan fingerprint density at radius 3 is 2.35 bits per heavy atom. The maximum atomic E-state index is 9.72. The Labute approximate surface area is 182 Å². The van der Waals surface area contributed by atoms with E-state index in [-0.39, 0.29) is 17.1 Å². The molecule has 4 rings (SSSR count). The van der Waals surface area contributed by atoms with Gasteiger partial charge in [-0.3, -0.25) is 0 Å². The molecule has 7 heteroatoms. The van der Waals surface area contributed by atoms with Crippen LogP contribution >= 0.6 is 0 Å². The van der Waals surface area contributed by atoms with Gasteiger partial charge in [0.05, 0.1) is 18.8 Å². The molecule has 1 saturated carbocycles. The number of anilines is 2. The quantitative estimate of drug-likeness (QED) is 0.500. The van der Waals surface area contributed by atoms with Gasteiger partial charge in [0.15, 0.2) is 0 Å². The van der Waals surface area contributed by atoms with E-state index in [1.807, 2.05) is 31.2 Å². The SMILES string of the molecule is CCOc1cc(Cc2cnc(N)nc2N)cc(OCC2(C)CC2)c1-c1ccc(O)cc1. The molecule has 31 heavy (non-hydrogen) atoms. The highest BCUT2D eigenvalue weighted by Crippen LogP contribution is 2.47. The van der Waals surface area contributed by atoms with E-state index in [9.17, 15) is 5.11 Å². The number of hydrogen-bond acceptors (Lipinski definition) is 7. The highest BCUT2D eigenvalue weighted by molar-refractivity contribution is 5.78. The van der Waals surface area contributed by atoms with Crippen molar-refractivity contribution in [2.24, 2.45) is 5.41 Å². The van der Waals surface area contributed by atoms with E-state index in [4.69, 9.17) is 20.9 Å². The van der Waals surface area contributed by atoms with Crippen LogP contribution in [0.25, 0.3) is 11.1 Å². The highest BCUT2D eigenvalue weighted by Gasteiger charge is 2.38. The molecule has 1 fully saturated rings. The zero-order valence-corrected chi connectivity index (χ0v) is 17.9. The smallest absolute Gasteiger partial charge is 0.221 e. The Hall–Kier alpha value is -3.48. The summed E-state index contributed by atoms with van der Waals surface area (Å²) in [5.74, 6) is 2.19. The van der Waals surface area contributed by atoms with Crippen molar-refractivity contribution in [1.29, 1.82) is 0 Å². The van der Waals surface area contributed by atoms with Crippen LogP contribution in [0.3, 0.4) is 0 Å². The number of nitrogens with zero attached hydrogens (tertiary/aromatic N) is 2. The molecule has 1 aliphatic carbocycles. The molecule has 0 unspecified atom stereocenters. The molecule has 1 heterocycles. The third kappa shape index (κ3) is 4.82. The Kier molecular flexibility index (Phi) is 5.59. The van der Waals surface area contributed by atoms with Crippen molar-refractivity contribution < 1.29 is 14.6 Å². The van der Waals surface area contributed by atoms with Gasteiger partial charge in [-0.2, -0.15) is 4.98 Å². The van der Waals surface area contributed by atoms with Crippen molar-refractivity contribution in [3.05, 3.63) is 53.7 Å². The van der Waals surface area contributed by atoms with Crippen molar-refractivity contribution in [3.63, 3.8) is 0 Å². The van der Waals surface area contributed by atoms with Crippen molar-refractivity contribution in [2.45, 2.75) is 33.1 Å². The number of phenolic OH excluding ortho intramolecular Hbond substituents is 1. The van der Waals surface area contributed by atoms with Gasteiger partial charge in [0, 0.05) is 23.6 Å². The third-order valence-electron chi connectivity index (χ3n) is 5.57. The normalized spacial score (nSPS) is 14.3. The monoisotopic (exact) mass is 420 g/mol. The van der Waals surface area contributed by atoms with Crippen LogP contribution in [-0.4, -0.2) is 28.3 Å². The van der Waals surface area contributed by atoms with Gasteiger partial charge in [0.1, 0.15) is 23.1 Å². The second kappa shape index (κ2) is 8.34. The van der Waals surface area contributed by atoms with Crippen LogP contribution in [0, 0.1) is 5.41 Å². The number of nitrogen functional groups attached to an aromatic ring is 2. The number of hydrogen-bond donors (Lipinski definition) is 3. The molecule has 2 aromatic carbocycles. The number of nitrogens with two attached hydrogens (primary N) is 2. The van der Waals surface area contributed by atoms with E-state index >= 15 is 0 Å². The molecule has 0 amide bonds. The molecule has 0 atom stereocenters. The van der Waals surface area contributed by atoms with E-state index < -0.39 is 0 Å². The van der Waals surface area contributed by atoms with E-state index in [0.717, 1.165) is 33.8 Å². The summed E-state index contributed by atoms with van der Waals surface area (Å²) in [5.41, 5.74) is 15.4. The minimum absolute atomic E-state index is 0.153. The average Bonchev–Trinajstić information content (AvgIpc) is 3.47. The Balaban J connectivity index is 1.77. The van der Waals surface area contributed by atoms with Gasteiger partial charge < -0.3 is 26.0 Å². The highest BCUT2D eigenvalue weighted by atomic mass is 16.5. The predicted octanol–water partition coefficient (Wildman–Crippen LogP) is 4.18. The summed E-state index contributed by atoms with van der Waals surface area (Å²) >= 11 is 0. The molecule has 1 aromatic heterocycles. The van der Waals surface area contributed by atoms with Crippen LogP contribution in [-0.2, 0) is 6.42 Å². The fourth-order valence-corrected chi connectivity index (χ4v) is 3.44. The van der Waals surface area contributed by atoms with Gasteiger partial charge in [0.25, 0.3) is 0 Å². The lowest BCUT2D eigenvalue weighted by Crippen LogP contribution is -2.10. The number of benzene rings is 2. The molecule has 1 aliphatic rings. The third-order valence-corrected chi connectivity index (χ3v) is 5.57. The van der Waals surface area contributed by atoms with Crippen molar-refractivity contribution in [1.82, 2.24) is 9.97 Å². The van der Waals surface area contributed by atoms with Gasteiger partial charge in [-0.25, -0.2) is 4.98 Å². The first-order valence-corrected chi connectivity index (χ1v) is 10.5. The maximum absolute atomic E-state index is 9.72. The Morgan fingerprint density at radius 2 is 1.74 bits per heavy atom. The average molecular weight is 421 g/mol. The molecule has 162 valence electrons. The molecule has 3 aromatic rings. The number of aromatic hydroxyl groups is 1. The lowest BCUT2D eigenvalue weighted by Gasteiger charge is -2.20. The van der Waals surface area contributed by atoms with Crippen molar-refractivity contribution in [3.8, 4) is 28.4 Å². The van der Waals surface area contributed by atoms with Crippen LogP contribution in [0.2, 0.25) is 0 Å². The van der Waals surface area contributed by atoms with Gasteiger partial charge >= 0.3 is 0 Å². The summed E-state index contributed by atoms with van der Waals surface area (Å²) in [7, 11) is 0. The van der Waals surface area contributed by atoms with E-state index in [0.29, 0.717) is 25.5 Å². The van der Waals surface area contributed by atoms with Gasteiger partial charge in [-0.15, -0.1) is 0 Å². The lowest BCUT2D eigenvalue weighted by atomic mass is 9.98. The molecule has 0 aliphatic heterocycles. The molecule has 5 N–H and O–H groups in total. The second-order valence-corrected chi connectivity index (χ2v) is 8.36. The fourth-order valence-electron chi connectivity index (χ4n) is 3.44. The number of ether oxygens (including phenoxy) is 2. The molecule has 0 spiro atoms. The van der Waals surface area contributed by atoms with Crippen LogP contribution in [0.4, 0.5) is 11.8 Å². The van der Waals surface area contributed by atoms with Crippen LogP contribution in [0.15, 0.2) is 42.6 Å². The summed E-state index contributed by atoms with van der Waals surface area (Å²) < 4.78 is 12.4. The minimum Gasteiger partial charge on any atom is -0.508 e. The first-order chi connectivity index (χ1) is 14.9. The zero-order chi connectivity index (χ0) is 22.0. The molecular weight excluding hydrogens is 392 g/mol. The lowest BCUT2D eigenvalue weighted by molar-refractivity contribution is 0.246. The first-order valence-electron chi connectivity index (χ1n) is 10.5. The fraction of sp³-hybridized carbons (Fsp3) is 0.333. The number of aromatic nitrogens is 2. The van der Waals surface area contributed by atoms with Gasteiger partial charge in [-0.05, 0) is 55.2 Å². The Morgan fingerprint density at radius 1 is 1.06 bits per heavy atom. The summed E-state index contributed by atoms with van der Waals surface area (Å²) in [6.45, 7) is 5.33. The van der Waals surface area contributed by atoms with Gasteiger partial charge in [0.2, 0.25) is 5.95 Å². The largest absolute Gasteiger partial charge is 0.508 e. The van der Waals surface area contributed by atoms with Crippen LogP contribution in [0.1, 0.15) is 37.8 Å². The summed E-state index contributed by atoms with van der Waals surface area (Å²) in [6, 6.07) is 11.1. The molecule has 7 nitrogen and oxygen atoms in total. The Bertz CT molecular complexity index is 1080. The number of rotatable bonds is 8. The van der Waals surface area contributed by atoms with Gasteiger partial charge in [-0.1, -0.05) is 19.1 Å². The van der Waals surface area contributed by atoms with Crippen molar-refractivity contribution >= 4 is 11.8 Å². The number of phenols is 1. The maximum Gasteiger partial charge on any atom is 0.221 e. The standard InChI is InChI=1S/C24H28N4O3/c1-3-30-19-11-15(10-17-13-27-23(26)28-22(17)25)12-20(31-14-24(2)8-9-24)21(19)16-4-6-18(29)7-5-16/h4-7,11-13,29H,3,8-10,14H2,1-2H3,(H4,25,26,27,28). The molecular formula is C24H28N4O3. The molecule has 0 bridgehead atoms. The minimum atomic E-state index is 0.153. The zero-order valence-electron chi connectivity index (χ0n) is 17.9. The first kappa shape index (κ1) is 20.8. The topological polar surface area (TPSA) is 117 Å².